The van der Waals surface area contributed by atoms with Crippen molar-refractivity contribution in [3.8, 4) is 44.8 Å². The lowest BCUT2D eigenvalue weighted by Crippen LogP contribution is -1.94. The number of benzene rings is 8. The zero-order valence-corrected chi connectivity index (χ0v) is 28.3. The molecule has 0 aliphatic heterocycles. The fraction of sp³-hybridized carbons (Fsp3) is 0. The van der Waals surface area contributed by atoms with Gasteiger partial charge in [-0.3, -0.25) is 4.79 Å². The molecule has 8 aromatic carbocycles. The van der Waals surface area contributed by atoms with E-state index in [1.807, 2.05) is 18.2 Å². The van der Waals surface area contributed by atoms with E-state index in [9.17, 15) is 4.79 Å². The molecule has 0 radical (unpaired) electrons. The van der Waals surface area contributed by atoms with E-state index in [4.69, 9.17) is 0 Å². The standard InChI is InChI=1S/C49H32N2O/c52-32-33-15-26-47-43(29-33)45-31-39(21-28-49(45)51(47)41-24-18-37(19-25-41)35-11-5-2-6-12-35)38-20-27-48-44(30-38)42-13-7-8-14-46(42)50(48)40-22-16-36(17-23-40)34-9-3-1-4-10-34/h1-32H. The van der Waals surface area contributed by atoms with Crippen LogP contribution < -0.4 is 0 Å². The van der Waals surface area contributed by atoms with Gasteiger partial charge >= 0.3 is 0 Å². The Morgan fingerprint density at radius 3 is 1.21 bits per heavy atom. The second kappa shape index (κ2) is 12.1. The Kier molecular flexibility index (Phi) is 6.97. The molecule has 0 fully saturated rings. The van der Waals surface area contributed by atoms with Gasteiger partial charge in [0.1, 0.15) is 6.29 Å². The summed E-state index contributed by atoms with van der Waals surface area (Å²) >= 11 is 0. The van der Waals surface area contributed by atoms with Crippen molar-refractivity contribution in [3.05, 3.63) is 194 Å². The number of para-hydroxylation sites is 1. The van der Waals surface area contributed by atoms with Crippen LogP contribution in [-0.4, -0.2) is 15.4 Å². The van der Waals surface area contributed by atoms with Crippen LogP contribution in [0.3, 0.4) is 0 Å². The number of nitrogens with zero attached hydrogens (tertiary/aromatic N) is 2. The van der Waals surface area contributed by atoms with E-state index < -0.39 is 0 Å². The summed E-state index contributed by atoms with van der Waals surface area (Å²) in [5, 5.41) is 4.61. The highest BCUT2D eigenvalue weighted by molar-refractivity contribution is 6.13. The highest BCUT2D eigenvalue weighted by atomic mass is 16.1. The van der Waals surface area contributed by atoms with Crippen molar-refractivity contribution in [3.63, 3.8) is 0 Å². The largest absolute Gasteiger partial charge is 0.309 e. The maximum Gasteiger partial charge on any atom is 0.150 e. The molecule has 0 spiro atoms. The minimum absolute atomic E-state index is 0.669. The Morgan fingerprint density at radius 2 is 0.692 bits per heavy atom. The van der Waals surface area contributed by atoms with Crippen LogP contribution in [0, 0.1) is 0 Å². The summed E-state index contributed by atoms with van der Waals surface area (Å²) in [6.07, 6.45) is 0.931. The first-order valence-corrected chi connectivity index (χ1v) is 17.6. The molecule has 3 nitrogen and oxygen atoms in total. The van der Waals surface area contributed by atoms with Crippen molar-refractivity contribution >= 4 is 49.9 Å². The summed E-state index contributed by atoms with van der Waals surface area (Å²) in [5.74, 6) is 0. The van der Waals surface area contributed by atoms with Crippen LogP contribution in [0.4, 0.5) is 0 Å². The number of hydrogen-bond donors (Lipinski definition) is 0. The van der Waals surface area contributed by atoms with E-state index in [-0.39, 0.29) is 0 Å². The van der Waals surface area contributed by atoms with Gasteiger partial charge < -0.3 is 9.13 Å². The molecule has 0 amide bonds. The van der Waals surface area contributed by atoms with Crippen molar-refractivity contribution in [1.29, 1.82) is 0 Å². The SMILES string of the molecule is O=Cc1ccc2c(c1)c1cc(-c3ccc4c(c3)c3ccccc3n4-c3ccc(-c4ccccc4)cc3)ccc1n2-c1ccc(-c2ccccc2)cc1. The number of aldehydes is 1. The van der Waals surface area contributed by atoms with Gasteiger partial charge in [-0.2, -0.15) is 0 Å². The van der Waals surface area contributed by atoms with Gasteiger partial charge in [-0.1, -0.05) is 115 Å². The number of carbonyl (C=O) groups excluding carboxylic acids is 1. The lowest BCUT2D eigenvalue weighted by molar-refractivity contribution is 0.112. The zero-order valence-electron chi connectivity index (χ0n) is 28.3. The smallest absolute Gasteiger partial charge is 0.150 e. The maximum absolute atomic E-state index is 11.9. The number of hydrogen-bond acceptors (Lipinski definition) is 1. The average Bonchev–Trinajstić information content (AvgIpc) is 3.73. The van der Waals surface area contributed by atoms with Gasteiger partial charge in [-0.15, -0.1) is 0 Å². The predicted octanol–water partition coefficient (Wildman–Crippen LogP) is 12.7. The third kappa shape index (κ3) is 4.86. The van der Waals surface area contributed by atoms with Crippen LogP contribution in [-0.2, 0) is 0 Å². The van der Waals surface area contributed by atoms with Crippen molar-refractivity contribution in [2.75, 3.05) is 0 Å². The summed E-state index contributed by atoms with van der Waals surface area (Å²) in [6.45, 7) is 0. The van der Waals surface area contributed by atoms with Crippen molar-refractivity contribution in [2.45, 2.75) is 0 Å². The number of rotatable bonds is 6. The molecule has 2 aromatic heterocycles. The van der Waals surface area contributed by atoms with Crippen LogP contribution in [0.1, 0.15) is 10.4 Å². The third-order valence-corrected chi connectivity index (χ3v) is 10.4. The molecule has 10 rings (SSSR count). The predicted molar refractivity (Wildman–Crippen MR) is 217 cm³/mol. The van der Waals surface area contributed by atoms with Crippen LogP contribution in [0.2, 0.25) is 0 Å². The summed E-state index contributed by atoms with van der Waals surface area (Å²) in [5.41, 5.74) is 14.5. The van der Waals surface area contributed by atoms with E-state index in [0.717, 1.165) is 50.6 Å². The van der Waals surface area contributed by atoms with E-state index >= 15 is 0 Å². The molecular weight excluding hydrogens is 633 g/mol. The van der Waals surface area contributed by atoms with Gasteiger partial charge in [0.2, 0.25) is 0 Å². The molecule has 0 atom stereocenters. The van der Waals surface area contributed by atoms with Crippen molar-refractivity contribution in [2.24, 2.45) is 0 Å². The molecule has 52 heavy (non-hydrogen) atoms. The minimum Gasteiger partial charge on any atom is -0.309 e. The normalized spacial score (nSPS) is 11.5. The Bertz CT molecular complexity index is 2930. The van der Waals surface area contributed by atoms with E-state index in [0.29, 0.717) is 5.56 Å². The second-order valence-electron chi connectivity index (χ2n) is 13.4. The molecule has 10 aromatic rings. The van der Waals surface area contributed by atoms with Crippen LogP contribution >= 0.6 is 0 Å². The first-order chi connectivity index (χ1) is 25.7. The lowest BCUT2D eigenvalue weighted by Gasteiger charge is -2.11. The van der Waals surface area contributed by atoms with E-state index in [1.54, 1.807) is 0 Å². The average molecular weight is 665 g/mol. The van der Waals surface area contributed by atoms with Gasteiger partial charge in [0.25, 0.3) is 0 Å². The molecule has 0 aliphatic carbocycles. The molecule has 0 saturated carbocycles. The topological polar surface area (TPSA) is 26.9 Å². The molecule has 0 N–H and O–H groups in total. The third-order valence-electron chi connectivity index (χ3n) is 10.4. The fourth-order valence-corrected chi connectivity index (χ4v) is 7.87. The van der Waals surface area contributed by atoms with Gasteiger partial charge in [-0.25, -0.2) is 0 Å². The Balaban J connectivity index is 1.10. The zero-order chi connectivity index (χ0) is 34.6. The first kappa shape index (κ1) is 29.9. The van der Waals surface area contributed by atoms with Crippen molar-refractivity contribution < 1.29 is 4.79 Å². The van der Waals surface area contributed by atoms with Gasteiger partial charge in [0.05, 0.1) is 22.1 Å². The Hall–Kier alpha value is -6.97. The Labute approximate surface area is 301 Å². The number of fused-ring (bicyclic) bond motifs is 6. The highest BCUT2D eigenvalue weighted by Crippen LogP contribution is 2.39. The van der Waals surface area contributed by atoms with Gasteiger partial charge in [0.15, 0.2) is 0 Å². The van der Waals surface area contributed by atoms with Crippen molar-refractivity contribution in [1.82, 2.24) is 9.13 Å². The molecular formula is C49H32N2O. The van der Waals surface area contributed by atoms with Gasteiger partial charge in [0, 0.05) is 38.5 Å². The molecule has 244 valence electrons. The van der Waals surface area contributed by atoms with Crippen LogP contribution in [0.15, 0.2) is 188 Å². The molecule has 0 bridgehead atoms. The Morgan fingerprint density at radius 1 is 0.308 bits per heavy atom. The summed E-state index contributed by atoms with van der Waals surface area (Å²) in [7, 11) is 0. The number of aromatic nitrogens is 2. The molecule has 2 heterocycles. The fourth-order valence-electron chi connectivity index (χ4n) is 7.87. The maximum atomic E-state index is 11.9. The monoisotopic (exact) mass is 664 g/mol. The summed E-state index contributed by atoms with van der Waals surface area (Å²) < 4.78 is 4.67. The molecule has 3 heteroatoms. The first-order valence-electron chi connectivity index (χ1n) is 17.6. The second-order valence-corrected chi connectivity index (χ2v) is 13.4. The molecule has 0 aliphatic rings. The number of carbonyl (C=O) groups is 1. The summed E-state index contributed by atoms with van der Waals surface area (Å²) in [4.78, 5) is 11.9. The summed E-state index contributed by atoms with van der Waals surface area (Å²) in [6, 6.07) is 66.7. The van der Waals surface area contributed by atoms with Crippen LogP contribution in [0.25, 0.3) is 88.4 Å². The van der Waals surface area contributed by atoms with Gasteiger partial charge in [-0.05, 0) is 106 Å². The highest BCUT2D eigenvalue weighted by Gasteiger charge is 2.17. The van der Waals surface area contributed by atoms with E-state index in [2.05, 4.69) is 179 Å². The molecule has 0 saturated heterocycles. The quantitative estimate of drug-likeness (QED) is 0.163. The van der Waals surface area contributed by atoms with Crippen LogP contribution in [0.5, 0.6) is 0 Å². The lowest BCUT2D eigenvalue weighted by atomic mass is 10.00. The minimum atomic E-state index is 0.669. The van der Waals surface area contributed by atoms with E-state index in [1.165, 1.54) is 44.1 Å². The molecule has 0 unspecified atom stereocenters.